The van der Waals surface area contributed by atoms with Crippen LogP contribution in [0.4, 0.5) is 17.1 Å². The summed E-state index contributed by atoms with van der Waals surface area (Å²) in [7, 11) is 0. The molecular formula is C58H39NO. The zero-order chi connectivity index (χ0) is 39.8. The predicted octanol–water partition coefficient (Wildman–Crippen LogP) is 16.5. The van der Waals surface area contributed by atoms with E-state index in [1.54, 1.807) is 0 Å². The second-order valence-electron chi connectivity index (χ2n) is 15.3. The Morgan fingerprint density at radius 3 is 1.30 bits per heavy atom. The molecule has 1 aromatic heterocycles. The van der Waals surface area contributed by atoms with Gasteiger partial charge in [-0.05, 0) is 127 Å². The highest BCUT2D eigenvalue weighted by molar-refractivity contribution is 6.09. The number of furan rings is 1. The average molecular weight is 766 g/mol. The number of nitrogens with zero attached hydrogens (tertiary/aromatic N) is 1. The van der Waals surface area contributed by atoms with Crippen LogP contribution in [0.1, 0.15) is 0 Å². The van der Waals surface area contributed by atoms with Crippen molar-refractivity contribution in [1.82, 2.24) is 0 Å². The molecule has 10 aromatic carbocycles. The van der Waals surface area contributed by atoms with E-state index in [-0.39, 0.29) is 0 Å². The van der Waals surface area contributed by atoms with E-state index in [2.05, 4.69) is 241 Å². The van der Waals surface area contributed by atoms with Crippen molar-refractivity contribution < 1.29 is 4.42 Å². The second-order valence-corrected chi connectivity index (χ2v) is 15.3. The Labute approximate surface area is 349 Å². The van der Waals surface area contributed by atoms with Gasteiger partial charge in [0.1, 0.15) is 11.2 Å². The molecule has 0 amide bonds. The standard InChI is InChI=1S/C58H39NO/c1-3-12-40(13-4-1)42-28-32-50(33-29-42)59(51-20-9-18-46(36-51)41-14-5-2-6-15-41)52-21-10-19-47(37-52)43-24-26-44(27-25-43)48-30-34-57-55(38-48)56-39-49(31-35-58(56)60-57)54-23-11-17-45-16-7-8-22-53(45)54/h1-39H. The highest BCUT2D eigenvalue weighted by Crippen LogP contribution is 2.40. The van der Waals surface area contributed by atoms with Gasteiger partial charge in [0.05, 0.1) is 0 Å². The molecular weight excluding hydrogens is 727 g/mol. The summed E-state index contributed by atoms with van der Waals surface area (Å²) in [6.45, 7) is 0. The number of benzene rings is 10. The molecule has 282 valence electrons. The minimum Gasteiger partial charge on any atom is -0.456 e. The van der Waals surface area contributed by atoms with Crippen LogP contribution in [-0.2, 0) is 0 Å². The van der Waals surface area contributed by atoms with Crippen molar-refractivity contribution in [1.29, 1.82) is 0 Å². The number of hydrogen-bond acceptors (Lipinski definition) is 2. The summed E-state index contributed by atoms with van der Waals surface area (Å²) >= 11 is 0. The van der Waals surface area contributed by atoms with E-state index in [1.165, 1.54) is 44.2 Å². The van der Waals surface area contributed by atoms with E-state index in [0.717, 1.165) is 61.3 Å². The minimum absolute atomic E-state index is 0.894. The number of hydrogen-bond donors (Lipinski definition) is 0. The van der Waals surface area contributed by atoms with E-state index < -0.39 is 0 Å². The van der Waals surface area contributed by atoms with Gasteiger partial charge in [0, 0.05) is 27.8 Å². The zero-order valence-electron chi connectivity index (χ0n) is 32.9. The van der Waals surface area contributed by atoms with Crippen LogP contribution in [0.2, 0.25) is 0 Å². The second kappa shape index (κ2) is 15.1. The molecule has 0 fully saturated rings. The molecule has 0 aliphatic heterocycles. The molecule has 0 aliphatic rings. The summed E-state index contributed by atoms with van der Waals surface area (Å²) in [5, 5.41) is 4.74. The summed E-state index contributed by atoms with van der Waals surface area (Å²) in [6.07, 6.45) is 0. The van der Waals surface area contributed by atoms with Crippen LogP contribution in [0.3, 0.4) is 0 Å². The van der Waals surface area contributed by atoms with Gasteiger partial charge in [-0.1, -0.05) is 176 Å². The van der Waals surface area contributed by atoms with Crippen molar-refractivity contribution in [3.05, 3.63) is 237 Å². The monoisotopic (exact) mass is 765 g/mol. The highest BCUT2D eigenvalue weighted by atomic mass is 16.3. The van der Waals surface area contributed by atoms with E-state index in [0.29, 0.717) is 0 Å². The molecule has 2 heteroatoms. The van der Waals surface area contributed by atoms with E-state index in [9.17, 15) is 0 Å². The molecule has 0 aliphatic carbocycles. The SMILES string of the molecule is c1ccc(-c2ccc(N(c3cccc(-c4ccccc4)c3)c3cccc(-c4ccc(-c5ccc6oc7ccc(-c8cccc9ccccc89)cc7c6c5)cc4)c3)cc2)cc1. The van der Waals surface area contributed by atoms with Crippen molar-refractivity contribution >= 4 is 49.8 Å². The van der Waals surface area contributed by atoms with Crippen LogP contribution in [0.5, 0.6) is 0 Å². The molecule has 0 N–H and O–H groups in total. The molecule has 60 heavy (non-hydrogen) atoms. The maximum Gasteiger partial charge on any atom is 0.135 e. The lowest BCUT2D eigenvalue weighted by Gasteiger charge is -2.27. The molecule has 0 spiro atoms. The third-order valence-corrected chi connectivity index (χ3v) is 11.7. The van der Waals surface area contributed by atoms with Crippen molar-refractivity contribution in [2.75, 3.05) is 4.90 Å². The molecule has 11 aromatic rings. The summed E-state index contributed by atoms with van der Waals surface area (Å²) in [5.74, 6) is 0. The van der Waals surface area contributed by atoms with Crippen LogP contribution in [0.15, 0.2) is 241 Å². The molecule has 0 saturated carbocycles. The van der Waals surface area contributed by atoms with Gasteiger partial charge >= 0.3 is 0 Å². The Morgan fingerprint density at radius 2 is 0.667 bits per heavy atom. The Hall–Kier alpha value is -7.94. The third-order valence-electron chi connectivity index (χ3n) is 11.7. The normalized spacial score (nSPS) is 11.3. The fraction of sp³-hybridized carbons (Fsp3) is 0. The molecule has 0 saturated heterocycles. The van der Waals surface area contributed by atoms with Gasteiger partial charge in [0.15, 0.2) is 0 Å². The van der Waals surface area contributed by atoms with Crippen LogP contribution in [0.25, 0.3) is 88.3 Å². The van der Waals surface area contributed by atoms with E-state index in [1.807, 2.05) is 0 Å². The summed E-state index contributed by atoms with van der Waals surface area (Å²) in [6, 6.07) is 84.8. The topological polar surface area (TPSA) is 16.4 Å². The quantitative estimate of drug-likeness (QED) is 0.153. The van der Waals surface area contributed by atoms with E-state index >= 15 is 0 Å². The number of anilines is 3. The summed E-state index contributed by atoms with van der Waals surface area (Å²) < 4.78 is 6.34. The maximum absolute atomic E-state index is 6.34. The van der Waals surface area contributed by atoms with Gasteiger partial charge in [-0.15, -0.1) is 0 Å². The smallest absolute Gasteiger partial charge is 0.135 e. The van der Waals surface area contributed by atoms with Crippen molar-refractivity contribution in [3.63, 3.8) is 0 Å². The lowest BCUT2D eigenvalue weighted by Crippen LogP contribution is -2.10. The van der Waals surface area contributed by atoms with Crippen LogP contribution >= 0.6 is 0 Å². The molecule has 0 unspecified atom stereocenters. The molecule has 0 bridgehead atoms. The Bertz CT molecular complexity index is 3290. The van der Waals surface area contributed by atoms with Gasteiger partial charge in [0.25, 0.3) is 0 Å². The summed E-state index contributed by atoms with van der Waals surface area (Å²) in [5.41, 5.74) is 16.9. The zero-order valence-corrected chi connectivity index (χ0v) is 32.9. The van der Waals surface area contributed by atoms with Gasteiger partial charge in [-0.2, -0.15) is 0 Å². The average Bonchev–Trinajstić information content (AvgIpc) is 3.70. The van der Waals surface area contributed by atoms with Gasteiger partial charge < -0.3 is 9.32 Å². The Morgan fingerprint density at radius 1 is 0.250 bits per heavy atom. The van der Waals surface area contributed by atoms with Gasteiger partial charge in [-0.25, -0.2) is 0 Å². The maximum atomic E-state index is 6.34. The Kier molecular flexibility index (Phi) is 8.87. The molecule has 0 atom stereocenters. The van der Waals surface area contributed by atoms with E-state index in [4.69, 9.17) is 4.42 Å². The largest absolute Gasteiger partial charge is 0.456 e. The fourth-order valence-corrected chi connectivity index (χ4v) is 8.62. The molecule has 11 rings (SSSR count). The number of fused-ring (bicyclic) bond motifs is 4. The van der Waals surface area contributed by atoms with Gasteiger partial charge in [-0.3, -0.25) is 0 Å². The lowest BCUT2D eigenvalue weighted by molar-refractivity contribution is 0.669. The highest BCUT2D eigenvalue weighted by Gasteiger charge is 2.16. The summed E-state index contributed by atoms with van der Waals surface area (Å²) in [4.78, 5) is 2.36. The van der Waals surface area contributed by atoms with Crippen molar-refractivity contribution in [2.45, 2.75) is 0 Å². The Balaban J connectivity index is 0.935. The first-order chi connectivity index (χ1) is 29.7. The molecule has 2 nitrogen and oxygen atoms in total. The minimum atomic E-state index is 0.894. The third kappa shape index (κ3) is 6.61. The van der Waals surface area contributed by atoms with Crippen LogP contribution in [0, 0.1) is 0 Å². The van der Waals surface area contributed by atoms with Gasteiger partial charge in [0.2, 0.25) is 0 Å². The predicted molar refractivity (Wildman–Crippen MR) is 253 cm³/mol. The first-order valence-corrected chi connectivity index (χ1v) is 20.5. The first-order valence-electron chi connectivity index (χ1n) is 20.5. The number of rotatable bonds is 8. The molecule has 1 heterocycles. The van der Waals surface area contributed by atoms with Crippen LogP contribution in [-0.4, -0.2) is 0 Å². The lowest BCUT2D eigenvalue weighted by atomic mass is 9.96. The van der Waals surface area contributed by atoms with Crippen molar-refractivity contribution in [2.24, 2.45) is 0 Å². The van der Waals surface area contributed by atoms with Crippen LogP contribution < -0.4 is 4.90 Å². The molecule has 0 radical (unpaired) electrons. The fourth-order valence-electron chi connectivity index (χ4n) is 8.62. The van der Waals surface area contributed by atoms with Crippen molar-refractivity contribution in [3.8, 4) is 55.6 Å². The first kappa shape index (κ1) is 35.2.